The first-order chi connectivity index (χ1) is 12.6. The molecule has 7 nitrogen and oxygen atoms in total. The highest BCUT2D eigenvalue weighted by atomic mass is 15.3. The predicted octanol–water partition coefficient (Wildman–Crippen LogP) is 3.49. The van der Waals surface area contributed by atoms with Gasteiger partial charge in [0.2, 0.25) is 0 Å². The zero-order chi connectivity index (χ0) is 18.1. The summed E-state index contributed by atoms with van der Waals surface area (Å²) in [5.41, 5.74) is 2.07. The van der Waals surface area contributed by atoms with Crippen molar-refractivity contribution in [3.63, 3.8) is 0 Å². The van der Waals surface area contributed by atoms with Crippen molar-refractivity contribution in [2.75, 3.05) is 5.32 Å². The summed E-state index contributed by atoms with van der Waals surface area (Å²) in [4.78, 5) is 14.0. The zero-order valence-corrected chi connectivity index (χ0v) is 15.8. The third-order valence-electron chi connectivity index (χ3n) is 5.13. The Kier molecular flexibility index (Phi) is 4.61. The topological polar surface area (TPSA) is 73.5 Å². The number of rotatable bonds is 6. The summed E-state index contributed by atoms with van der Waals surface area (Å²) in [5.74, 6) is 2.89. The van der Waals surface area contributed by atoms with Crippen LogP contribution in [0.5, 0.6) is 0 Å². The third kappa shape index (κ3) is 3.30. The lowest BCUT2D eigenvalue weighted by Gasteiger charge is -2.14. The van der Waals surface area contributed by atoms with E-state index in [2.05, 4.69) is 33.8 Å². The highest BCUT2D eigenvalue weighted by molar-refractivity contribution is 5.86. The number of imidazole rings is 1. The summed E-state index contributed by atoms with van der Waals surface area (Å²) in [6.45, 7) is 6.09. The first kappa shape index (κ1) is 17.0. The Hall–Kier alpha value is -2.44. The van der Waals surface area contributed by atoms with Crippen molar-refractivity contribution in [1.29, 1.82) is 0 Å². The first-order valence-electron chi connectivity index (χ1n) is 9.54. The number of fused-ring (bicyclic) bond motifs is 1. The van der Waals surface area contributed by atoms with Gasteiger partial charge in [0.1, 0.15) is 11.6 Å². The van der Waals surface area contributed by atoms with Crippen LogP contribution >= 0.6 is 0 Å². The summed E-state index contributed by atoms with van der Waals surface area (Å²) in [6, 6.07) is 0. The van der Waals surface area contributed by atoms with Crippen LogP contribution in [-0.4, -0.2) is 29.3 Å². The standard InChI is InChI=1S/C19H27N7/c1-13(2)11-26-12-20-8-15(26)9-21-18-16-10-22-25(3)19(16)24-17(23-18)14-6-4-5-7-14/h8,10,12-14H,4-7,9,11H2,1-3H3,(H,21,23,24). The quantitative estimate of drug-likeness (QED) is 0.734. The minimum atomic E-state index is 0.473. The fraction of sp³-hybridized carbons (Fsp3) is 0.579. The maximum Gasteiger partial charge on any atom is 0.163 e. The van der Waals surface area contributed by atoms with Crippen molar-refractivity contribution in [1.82, 2.24) is 29.3 Å². The summed E-state index contributed by atoms with van der Waals surface area (Å²) in [7, 11) is 1.94. The molecule has 3 heterocycles. The van der Waals surface area contributed by atoms with Crippen LogP contribution in [0.1, 0.15) is 57.0 Å². The van der Waals surface area contributed by atoms with E-state index in [1.54, 1.807) is 0 Å². The highest BCUT2D eigenvalue weighted by Gasteiger charge is 2.22. The summed E-state index contributed by atoms with van der Waals surface area (Å²) < 4.78 is 4.04. The van der Waals surface area contributed by atoms with Gasteiger partial charge in [-0.3, -0.25) is 4.68 Å². The van der Waals surface area contributed by atoms with Gasteiger partial charge in [-0.25, -0.2) is 15.0 Å². The van der Waals surface area contributed by atoms with Gasteiger partial charge in [0.05, 0.1) is 30.1 Å². The van der Waals surface area contributed by atoms with Gasteiger partial charge in [-0.15, -0.1) is 0 Å². The SMILES string of the molecule is CC(C)Cn1cncc1CNc1nc(C2CCCC2)nc2c1cnn2C. The smallest absolute Gasteiger partial charge is 0.163 e. The van der Waals surface area contributed by atoms with Crippen LogP contribution in [0, 0.1) is 5.92 Å². The van der Waals surface area contributed by atoms with Gasteiger partial charge in [0.15, 0.2) is 5.65 Å². The second kappa shape index (κ2) is 7.05. The monoisotopic (exact) mass is 353 g/mol. The van der Waals surface area contributed by atoms with Crippen molar-refractivity contribution in [2.24, 2.45) is 13.0 Å². The van der Waals surface area contributed by atoms with Crippen LogP contribution in [-0.2, 0) is 20.1 Å². The van der Waals surface area contributed by atoms with E-state index in [0.717, 1.165) is 34.9 Å². The normalized spacial score (nSPS) is 15.4. The molecule has 0 bridgehead atoms. The molecule has 1 N–H and O–H groups in total. The van der Waals surface area contributed by atoms with Crippen LogP contribution in [0.15, 0.2) is 18.7 Å². The minimum Gasteiger partial charge on any atom is -0.364 e. The summed E-state index contributed by atoms with van der Waals surface area (Å²) >= 11 is 0. The van der Waals surface area contributed by atoms with E-state index < -0.39 is 0 Å². The van der Waals surface area contributed by atoms with Gasteiger partial charge < -0.3 is 9.88 Å². The van der Waals surface area contributed by atoms with E-state index in [-0.39, 0.29) is 0 Å². The van der Waals surface area contributed by atoms with Crippen LogP contribution in [0.4, 0.5) is 5.82 Å². The molecule has 0 aliphatic heterocycles. The van der Waals surface area contributed by atoms with Crippen molar-refractivity contribution in [3.05, 3.63) is 30.2 Å². The van der Waals surface area contributed by atoms with Crippen LogP contribution < -0.4 is 5.32 Å². The molecule has 3 aromatic heterocycles. The molecule has 7 heteroatoms. The second-order valence-corrected chi connectivity index (χ2v) is 7.70. The number of anilines is 1. The molecule has 0 radical (unpaired) electrons. The molecule has 1 aliphatic rings. The lowest BCUT2D eigenvalue weighted by Crippen LogP contribution is -2.12. The van der Waals surface area contributed by atoms with Crippen molar-refractivity contribution in [3.8, 4) is 0 Å². The fourth-order valence-electron chi connectivity index (χ4n) is 3.77. The lowest BCUT2D eigenvalue weighted by atomic mass is 10.1. The van der Waals surface area contributed by atoms with E-state index in [1.807, 2.05) is 30.5 Å². The molecule has 3 aromatic rings. The average molecular weight is 353 g/mol. The molecule has 0 spiro atoms. The number of hydrogen-bond acceptors (Lipinski definition) is 5. The Morgan fingerprint density at radius 1 is 1.19 bits per heavy atom. The third-order valence-corrected chi connectivity index (χ3v) is 5.13. The Bertz CT molecular complexity index is 887. The van der Waals surface area contributed by atoms with Gasteiger partial charge >= 0.3 is 0 Å². The number of hydrogen-bond donors (Lipinski definition) is 1. The van der Waals surface area contributed by atoms with E-state index in [1.165, 1.54) is 25.7 Å². The highest BCUT2D eigenvalue weighted by Crippen LogP contribution is 2.34. The van der Waals surface area contributed by atoms with E-state index in [9.17, 15) is 0 Å². The molecule has 138 valence electrons. The second-order valence-electron chi connectivity index (χ2n) is 7.70. The van der Waals surface area contributed by atoms with Crippen molar-refractivity contribution >= 4 is 16.9 Å². The molecule has 4 rings (SSSR count). The lowest BCUT2D eigenvalue weighted by molar-refractivity contribution is 0.511. The largest absolute Gasteiger partial charge is 0.364 e. The maximum atomic E-state index is 4.88. The molecule has 0 aromatic carbocycles. The molecule has 0 unspecified atom stereocenters. The average Bonchev–Trinajstić information content (AvgIpc) is 3.34. The molecule has 0 saturated heterocycles. The van der Waals surface area contributed by atoms with E-state index in [0.29, 0.717) is 18.4 Å². The van der Waals surface area contributed by atoms with Gasteiger partial charge in [0.25, 0.3) is 0 Å². The Labute approximate surface area is 153 Å². The van der Waals surface area contributed by atoms with Gasteiger partial charge in [-0.2, -0.15) is 5.10 Å². The molecule has 0 atom stereocenters. The molecular formula is C19H27N7. The van der Waals surface area contributed by atoms with Gasteiger partial charge in [0, 0.05) is 25.7 Å². The summed E-state index contributed by atoms with van der Waals surface area (Å²) in [5, 5.41) is 8.87. The van der Waals surface area contributed by atoms with E-state index >= 15 is 0 Å². The number of nitrogens with zero attached hydrogens (tertiary/aromatic N) is 6. The summed E-state index contributed by atoms with van der Waals surface area (Å²) in [6.07, 6.45) is 10.6. The van der Waals surface area contributed by atoms with Crippen molar-refractivity contribution in [2.45, 2.75) is 58.5 Å². The predicted molar refractivity (Wildman–Crippen MR) is 102 cm³/mol. The van der Waals surface area contributed by atoms with Gasteiger partial charge in [-0.05, 0) is 18.8 Å². The number of aromatic nitrogens is 6. The molecule has 26 heavy (non-hydrogen) atoms. The van der Waals surface area contributed by atoms with Crippen LogP contribution in [0.2, 0.25) is 0 Å². The molecule has 1 aliphatic carbocycles. The van der Waals surface area contributed by atoms with Crippen molar-refractivity contribution < 1.29 is 0 Å². The van der Waals surface area contributed by atoms with Gasteiger partial charge in [-0.1, -0.05) is 26.7 Å². The Morgan fingerprint density at radius 3 is 2.77 bits per heavy atom. The Balaban J connectivity index is 1.62. The zero-order valence-electron chi connectivity index (χ0n) is 15.8. The number of nitrogens with one attached hydrogen (secondary N) is 1. The molecule has 0 amide bonds. The fourth-order valence-corrected chi connectivity index (χ4v) is 3.77. The number of aryl methyl sites for hydroxylation is 1. The molecule has 1 saturated carbocycles. The Morgan fingerprint density at radius 2 is 2.00 bits per heavy atom. The minimum absolute atomic E-state index is 0.473. The first-order valence-corrected chi connectivity index (χ1v) is 9.54. The molecule has 1 fully saturated rings. The van der Waals surface area contributed by atoms with E-state index in [4.69, 9.17) is 9.97 Å². The van der Waals surface area contributed by atoms with Crippen LogP contribution in [0.3, 0.4) is 0 Å². The van der Waals surface area contributed by atoms with Crippen LogP contribution in [0.25, 0.3) is 11.0 Å². The molecular weight excluding hydrogens is 326 g/mol. The maximum absolute atomic E-state index is 4.88.